The Morgan fingerprint density at radius 2 is 0.680 bits per heavy atom. The van der Waals surface area contributed by atoms with Gasteiger partial charge in [0.25, 0.3) is 0 Å². The predicted octanol–water partition coefficient (Wildman–Crippen LogP) is 12.2. The van der Waals surface area contributed by atoms with E-state index in [2.05, 4.69) is 4.98 Å². The zero-order chi connectivity index (χ0) is 56.9. The fourth-order valence-electron chi connectivity index (χ4n) is 7.63. The Balaban J connectivity index is 0.000000483. The van der Waals surface area contributed by atoms with Crippen molar-refractivity contribution in [3.63, 3.8) is 0 Å². The molecule has 30 heteroatoms. The van der Waals surface area contributed by atoms with Crippen LogP contribution in [0.1, 0.15) is 54.9 Å². The molecule has 6 rings (SSSR count). The van der Waals surface area contributed by atoms with E-state index in [4.69, 9.17) is 0 Å². The summed E-state index contributed by atoms with van der Waals surface area (Å²) in [5.74, 6) is -0.0153. The SMILES string of the molecule is CS(=O)c1cccc(C(=O)C[n+]2ccncc2)c1.FC(F)(F)c1cc([B-](c2cc(C(F)(F)F)cc(C(F)(F)F)c2)(c2cc(C(F)(F)F)cc(C(F)(F)F)c2)c2cc(C(F)(F)F)cc(C(F)(F)F)c2)cc(C(F)(F)F)c1. The highest BCUT2D eigenvalue weighted by Crippen LogP contribution is 2.41. The summed E-state index contributed by atoms with van der Waals surface area (Å²) in [4.78, 5) is 16.6. The van der Waals surface area contributed by atoms with Crippen LogP contribution in [0.2, 0.25) is 0 Å². The van der Waals surface area contributed by atoms with Gasteiger partial charge in [-0.05, 0) is 36.4 Å². The Kier molecular flexibility index (Phi) is 16.2. The molecule has 0 bridgehead atoms. The van der Waals surface area contributed by atoms with E-state index in [0.717, 1.165) is 0 Å². The summed E-state index contributed by atoms with van der Waals surface area (Å²) < 4.78 is 354. The Morgan fingerprint density at radius 3 is 0.907 bits per heavy atom. The molecular formula is C45H25BF24N2O2S. The summed E-state index contributed by atoms with van der Waals surface area (Å²) in [6.07, 6.45) is -46.5. The maximum absolute atomic E-state index is 14.2. The van der Waals surface area contributed by atoms with Gasteiger partial charge in [0.05, 0.1) is 56.9 Å². The molecule has 0 amide bonds. The van der Waals surface area contributed by atoms with Crippen molar-refractivity contribution in [1.82, 2.24) is 4.98 Å². The predicted molar refractivity (Wildman–Crippen MR) is 218 cm³/mol. The van der Waals surface area contributed by atoms with Gasteiger partial charge < -0.3 is 0 Å². The summed E-state index contributed by atoms with van der Waals surface area (Å²) in [7, 11) is -1.07. The number of hydrogen-bond donors (Lipinski definition) is 0. The number of rotatable bonds is 8. The van der Waals surface area contributed by atoms with Crippen LogP contribution in [0.4, 0.5) is 105 Å². The number of carbonyl (C=O) groups excluding carboxylic acids is 1. The summed E-state index contributed by atoms with van der Waals surface area (Å²) in [6.45, 7) is 0.252. The second-order valence-electron chi connectivity index (χ2n) is 16.0. The van der Waals surface area contributed by atoms with Gasteiger partial charge in [0.2, 0.25) is 12.3 Å². The highest BCUT2D eigenvalue weighted by Gasteiger charge is 2.47. The number of aromatic nitrogens is 2. The van der Waals surface area contributed by atoms with Crippen LogP contribution in [0, 0.1) is 0 Å². The quantitative estimate of drug-likeness (QED) is 0.0660. The standard InChI is InChI=1S/C32H12BF24.C13H13N2O2S/c34-25(35,36)13-1-14(26(37,38)39)6-21(5-13)33(22-7-15(27(40,41)42)2-16(8-22)28(43,44)45,23-9-17(29(46,47)48)3-18(10-23)30(49,50)51)24-11-19(31(52,53)54)4-20(12-24)32(55,56)57;1-18(17)12-4-2-3-11(9-12)13(16)10-15-7-5-14-6-8-15/h1-12H;2-9H,10H2,1H3/q-1;+1. The number of halogens is 24. The summed E-state index contributed by atoms with van der Waals surface area (Å²) in [5.41, 5.74) is -29.6. The van der Waals surface area contributed by atoms with Crippen LogP contribution >= 0.6 is 0 Å². The minimum Gasteiger partial charge on any atom is -0.287 e. The van der Waals surface area contributed by atoms with Gasteiger partial charge in [-0.15, -0.1) is 0 Å². The minimum atomic E-state index is -6.13. The van der Waals surface area contributed by atoms with Gasteiger partial charge in [0.1, 0.15) is 6.15 Å². The lowest BCUT2D eigenvalue weighted by atomic mass is 9.12. The molecule has 1 aromatic heterocycles. The molecule has 0 spiro atoms. The van der Waals surface area contributed by atoms with Gasteiger partial charge in [-0.2, -0.15) is 132 Å². The zero-order valence-corrected chi connectivity index (χ0v) is 37.3. The molecule has 0 radical (unpaired) electrons. The first-order valence-electron chi connectivity index (χ1n) is 20.0. The van der Waals surface area contributed by atoms with Crippen LogP contribution in [0.25, 0.3) is 0 Å². The lowest BCUT2D eigenvalue weighted by Crippen LogP contribution is -2.75. The maximum Gasteiger partial charge on any atom is 0.416 e. The van der Waals surface area contributed by atoms with Crippen LogP contribution in [0.3, 0.4) is 0 Å². The van der Waals surface area contributed by atoms with Crippen molar-refractivity contribution >= 4 is 44.6 Å². The molecule has 0 aliphatic heterocycles. The third-order valence-electron chi connectivity index (χ3n) is 10.9. The van der Waals surface area contributed by atoms with Crippen molar-refractivity contribution in [3.8, 4) is 0 Å². The Hall–Kier alpha value is -6.62. The van der Waals surface area contributed by atoms with Crippen LogP contribution in [0.15, 0.2) is 127 Å². The molecular weight excluding hydrogens is 1100 g/mol. The molecule has 1 atom stereocenters. The summed E-state index contributed by atoms with van der Waals surface area (Å²) in [6, 6.07) is -1.89. The molecule has 0 N–H and O–H groups in total. The number of hydrogen-bond acceptors (Lipinski definition) is 3. The Bertz CT molecular complexity index is 2640. The van der Waals surface area contributed by atoms with Crippen molar-refractivity contribution in [2.75, 3.05) is 6.26 Å². The zero-order valence-electron chi connectivity index (χ0n) is 36.5. The molecule has 5 aromatic carbocycles. The monoisotopic (exact) mass is 1120 g/mol. The smallest absolute Gasteiger partial charge is 0.287 e. The van der Waals surface area contributed by atoms with Crippen molar-refractivity contribution in [3.05, 3.63) is 172 Å². The fraction of sp³-hybridized carbons (Fsp3) is 0.222. The molecule has 1 unspecified atom stereocenters. The van der Waals surface area contributed by atoms with Gasteiger partial charge in [-0.3, -0.25) is 14.0 Å². The van der Waals surface area contributed by atoms with E-state index in [1.165, 1.54) is 0 Å². The van der Waals surface area contributed by atoms with Gasteiger partial charge in [0, 0.05) is 27.5 Å². The molecule has 6 aromatic rings. The lowest BCUT2D eigenvalue weighted by Gasteiger charge is -2.46. The van der Waals surface area contributed by atoms with Crippen molar-refractivity contribution in [2.24, 2.45) is 0 Å². The van der Waals surface area contributed by atoms with E-state index >= 15 is 0 Å². The highest BCUT2D eigenvalue weighted by atomic mass is 32.2. The van der Waals surface area contributed by atoms with Crippen molar-refractivity contribution in [1.29, 1.82) is 0 Å². The molecule has 4 nitrogen and oxygen atoms in total. The van der Waals surface area contributed by atoms with Gasteiger partial charge in [-0.1, -0.05) is 60.7 Å². The van der Waals surface area contributed by atoms with E-state index in [-0.39, 0.29) is 12.3 Å². The number of benzene rings is 5. The van der Waals surface area contributed by atoms with E-state index in [9.17, 15) is 114 Å². The van der Waals surface area contributed by atoms with Gasteiger partial charge in [0.15, 0.2) is 12.4 Å². The van der Waals surface area contributed by atoms with E-state index in [1.807, 2.05) is 0 Å². The Labute approximate surface area is 407 Å². The average molecular weight is 1120 g/mol. The highest BCUT2D eigenvalue weighted by molar-refractivity contribution is 7.84. The molecule has 1 heterocycles. The molecule has 75 heavy (non-hydrogen) atoms. The number of nitrogens with zero attached hydrogens (tertiary/aromatic N) is 2. The van der Waals surface area contributed by atoms with Gasteiger partial charge in [-0.25, -0.2) is 0 Å². The van der Waals surface area contributed by atoms with E-state index in [0.29, 0.717) is 10.5 Å². The van der Waals surface area contributed by atoms with Crippen LogP contribution in [-0.4, -0.2) is 27.4 Å². The number of ketones is 1. The topological polar surface area (TPSA) is 50.9 Å². The number of carbonyl (C=O) groups is 1. The third-order valence-corrected chi connectivity index (χ3v) is 11.9. The minimum absolute atomic E-state index is 0.0153. The lowest BCUT2D eigenvalue weighted by molar-refractivity contribution is -0.683. The first-order chi connectivity index (χ1) is 33.9. The first-order valence-corrected chi connectivity index (χ1v) is 21.6. The van der Waals surface area contributed by atoms with Gasteiger partial charge >= 0.3 is 49.4 Å². The molecule has 0 fully saturated rings. The molecule has 0 saturated carbocycles. The largest absolute Gasteiger partial charge is 0.416 e. The number of Topliss-reactive ketones (excluding diaryl/α,β-unsaturated/α-hetero) is 1. The first kappa shape index (κ1) is 59.3. The molecule has 0 aliphatic carbocycles. The second kappa shape index (κ2) is 20.5. The van der Waals surface area contributed by atoms with Crippen molar-refractivity contribution < 1.29 is 119 Å². The normalized spacial score (nSPS) is 13.8. The summed E-state index contributed by atoms with van der Waals surface area (Å²) >= 11 is 0. The molecule has 0 saturated heterocycles. The molecule has 0 aliphatic rings. The fourth-order valence-corrected chi connectivity index (χ4v) is 8.19. The van der Waals surface area contributed by atoms with Crippen LogP contribution < -0.4 is 26.4 Å². The van der Waals surface area contributed by atoms with Crippen molar-refractivity contribution in [2.45, 2.75) is 60.9 Å². The maximum atomic E-state index is 14.2. The van der Waals surface area contributed by atoms with Crippen LogP contribution in [0.5, 0.6) is 0 Å². The van der Waals surface area contributed by atoms with E-state index in [1.54, 1.807) is 59.9 Å². The summed E-state index contributed by atoms with van der Waals surface area (Å²) in [5, 5.41) is 0. The van der Waals surface area contributed by atoms with E-state index < -0.39 is 206 Å². The third kappa shape index (κ3) is 14.0. The number of alkyl halides is 24. The van der Waals surface area contributed by atoms with Crippen LogP contribution in [-0.2, 0) is 66.8 Å². The molecule has 404 valence electrons. The Morgan fingerprint density at radius 1 is 0.427 bits per heavy atom. The second-order valence-corrected chi connectivity index (χ2v) is 17.4. The average Bonchev–Trinajstić information content (AvgIpc) is 3.27.